The first-order valence-electron chi connectivity index (χ1n) is 9.75. The molecule has 3 aliphatic rings. The summed E-state index contributed by atoms with van der Waals surface area (Å²) in [6, 6.07) is 4.52. The van der Waals surface area contributed by atoms with Crippen molar-refractivity contribution in [3.05, 3.63) is 34.9 Å². The lowest BCUT2D eigenvalue weighted by Crippen LogP contribution is -2.54. The number of benzene rings is 1. The third-order valence-corrected chi connectivity index (χ3v) is 5.88. The molecule has 148 valence electrons. The molecule has 2 heterocycles. The number of rotatable bonds is 5. The minimum Gasteiger partial charge on any atom is -0.328 e. The number of imide groups is 2. The number of carbonyl (C=O) groups excluding carboxylic acids is 4. The Bertz CT molecular complexity index is 853. The summed E-state index contributed by atoms with van der Waals surface area (Å²) in [5.74, 6) is -1.38. The van der Waals surface area contributed by atoms with E-state index in [1.54, 1.807) is 12.1 Å². The van der Waals surface area contributed by atoms with Gasteiger partial charge in [-0.1, -0.05) is 12.1 Å². The van der Waals surface area contributed by atoms with Gasteiger partial charge in [0.1, 0.15) is 6.04 Å². The lowest BCUT2D eigenvalue weighted by molar-refractivity contribution is -0.136. The Labute approximate surface area is 162 Å². The molecule has 28 heavy (non-hydrogen) atoms. The van der Waals surface area contributed by atoms with Gasteiger partial charge in [-0.3, -0.25) is 29.4 Å². The topological polar surface area (TPSA) is 122 Å². The summed E-state index contributed by atoms with van der Waals surface area (Å²) < 4.78 is 0. The molecule has 4 amide bonds. The average molecular weight is 384 g/mol. The summed E-state index contributed by atoms with van der Waals surface area (Å²) in [7, 11) is 0. The second kappa shape index (κ2) is 7.44. The van der Waals surface area contributed by atoms with Gasteiger partial charge in [0, 0.05) is 19.0 Å². The molecule has 1 aromatic rings. The zero-order chi connectivity index (χ0) is 19.8. The van der Waals surface area contributed by atoms with Gasteiger partial charge in [-0.2, -0.15) is 0 Å². The second-order valence-corrected chi connectivity index (χ2v) is 7.86. The fourth-order valence-corrected chi connectivity index (χ4v) is 4.44. The highest BCUT2D eigenvalue weighted by molar-refractivity contribution is 6.24. The van der Waals surface area contributed by atoms with Gasteiger partial charge >= 0.3 is 0 Å². The molecule has 0 radical (unpaired) electrons. The van der Waals surface area contributed by atoms with E-state index in [9.17, 15) is 19.2 Å². The first-order chi connectivity index (χ1) is 13.5. The highest BCUT2D eigenvalue weighted by atomic mass is 16.2. The molecule has 1 aromatic carbocycles. The van der Waals surface area contributed by atoms with Gasteiger partial charge in [0.2, 0.25) is 11.8 Å². The summed E-state index contributed by atoms with van der Waals surface area (Å²) in [5, 5.41) is 5.59. The Morgan fingerprint density at radius 1 is 1.11 bits per heavy atom. The minimum atomic E-state index is -0.939. The number of amides is 4. The molecule has 8 heteroatoms. The fraction of sp³-hybridized carbons (Fsp3) is 0.500. The summed E-state index contributed by atoms with van der Waals surface area (Å²) in [6.07, 6.45) is 3.41. The van der Waals surface area contributed by atoms with E-state index in [0.717, 1.165) is 36.3 Å². The lowest BCUT2D eigenvalue weighted by atomic mass is 10.0. The zero-order valence-electron chi connectivity index (χ0n) is 15.6. The van der Waals surface area contributed by atoms with E-state index in [2.05, 4.69) is 10.6 Å². The molecule has 0 spiro atoms. The summed E-state index contributed by atoms with van der Waals surface area (Å²) in [6.45, 7) is 1.29. The van der Waals surface area contributed by atoms with E-state index in [4.69, 9.17) is 5.73 Å². The van der Waals surface area contributed by atoms with Crippen LogP contribution in [0.3, 0.4) is 0 Å². The fourth-order valence-electron chi connectivity index (χ4n) is 4.44. The van der Waals surface area contributed by atoms with Crippen molar-refractivity contribution in [2.45, 2.75) is 50.7 Å². The van der Waals surface area contributed by atoms with E-state index in [0.29, 0.717) is 23.6 Å². The van der Waals surface area contributed by atoms with Gasteiger partial charge in [0.15, 0.2) is 0 Å². The maximum Gasteiger partial charge on any atom is 0.262 e. The number of piperidine rings is 1. The van der Waals surface area contributed by atoms with Crippen LogP contribution < -0.4 is 16.4 Å². The van der Waals surface area contributed by atoms with Crippen LogP contribution >= 0.6 is 0 Å². The maximum absolute atomic E-state index is 13.0. The molecule has 1 saturated carbocycles. The van der Waals surface area contributed by atoms with Crippen molar-refractivity contribution in [2.75, 3.05) is 6.54 Å². The maximum atomic E-state index is 13.0. The van der Waals surface area contributed by atoms with Crippen molar-refractivity contribution in [3.8, 4) is 0 Å². The monoisotopic (exact) mass is 384 g/mol. The second-order valence-electron chi connectivity index (χ2n) is 7.86. The number of hydrogen-bond donors (Lipinski definition) is 3. The summed E-state index contributed by atoms with van der Waals surface area (Å²) in [4.78, 5) is 50.4. The average Bonchev–Trinajstić information content (AvgIpc) is 3.18. The highest BCUT2D eigenvalue weighted by Gasteiger charge is 2.45. The van der Waals surface area contributed by atoms with Gasteiger partial charge < -0.3 is 11.1 Å². The summed E-state index contributed by atoms with van der Waals surface area (Å²) in [5.41, 5.74) is 7.37. The molecule has 2 aliphatic heterocycles. The third-order valence-electron chi connectivity index (χ3n) is 5.88. The van der Waals surface area contributed by atoms with Crippen LogP contribution in [-0.4, -0.2) is 47.2 Å². The molecular formula is C20H24N4O4. The van der Waals surface area contributed by atoms with E-state index in [1.807, 2.05) is 6.07 Å². The summed E-state index contributed by atoms with van der Waals surface area (Å²) >= 11 is 0. The molecule has 1 aliphatic carbocycles. The van der Waals surface area contributed by atoms with Crippen LogP contribution in [0.25, 0.3) is 0 Å². The number of hydrogen-bond acceptors (Lipinski definition) is 6. The van der Waals surface area contributed by atoms with Crippen molar-refractivity contribution in [1.29, 1.82) is 0 Å². The first kappa shape index (κ1) is 18.8. The van der Waals surface area contributed by atoms with Crippen molar-refractivity contribution in [1.82, 2.24) is 15.5 Å². The predicted molar refractivity (Wildman–Crippen MR) is 100 cm³/mol. The van der Waals surface area contributed by atoms with Crippen molar-refractivity contribution in [3.63, 3.8) is 0 Å². The molecule has 3 atom stereocenters. The quantitative estimate of drug-likeness (QED) is 0.628. The van der Waals surface area contributed by atoms with Gasteiger partial charge in [-0.25, -0.2) is 0 Å². The van der Waals surface area contributed by atoms with Crippen LogP contribution in [0, 0.1) is 5.92 Å². The van der Waals surface area contributed by atoms with Crippen LogP contribution in [-0.2, 0) is 16.1 Å². The number of nitrogens with zero attached hydrogens (tertiary/aromatic N) is 1. The standard InChI is InChI=1S/C20H24N4O4/c21-13-5-4-11(8-13)9-22-10-12-2-1-3-14-17(12)20(28)24(19(14)27)15-6-7-16(25)23-18(15)26/h1-3,11,13,15,22H,4-10,21H2,(H,23,25,26)/t11-,13+,15?/m0/s1. The Morgan fingerprint density at radius 2 is 1.93 bits per heavy atom. The Balaban J connectivity index is 1.49. The van der Waals surface area contributed by atoms with E-state index >= 15 is 0 Å². The van der Waals surface area contributed by atoms with Crippen molar-refractivity contribution >= 4 is 23.6 Å². The van der Waals surface area contributed by atoms with Gasteiger partial charge in [-0.15, -0.1) is 0 Å². The SMILES string of the molecule is N[C@@H]1CC[C@H](CNCc2cccc3c2C(=O)N(C2CCC(=O)NC2=O)C3=O)C1. The first-order valence-corrected chi connectivity index (χ1v) is 9.75. The van der Waals surface area contributed by atoms with E-state index in [1.165, 1.54) is 0 Å². The largest absolute Gasteiger partial charge is 0.328 e. The Kier molecular flexibility index (Phi) is 4.99. The smallest absolute Gasteiger partial charge is 0.262 e. The van der Waals surface area contributed by atoms with Crippen LogP contribution in [0.1, 0.15) is 58.4 Å². The molecule has 2 fully saturated rings. The zero-order valence-corrected chi connectivity index (χ0v) is 15.6. The highest BCUT2D eigenvalue weighted by Crippen LogP contribution is 2.30. The van der Waals surface area contributed by atoms with Gasteiger partial charge in [-0.05, 0) is 49.8 Å². The van der Waals surface area contributed by atoms with Gasteiger partial charge in [0.25, 0.3) is 11.8 Å². The lowest BCUT2D eigenvalue weighted by Gasteiger charge is -2.27. The van der Waals surface area contributed by atoms with Crippen LogP contribution in [0.2, 0.25) is 0 Å². The Hall–Kier alpha value is -2.58. The Morgan fingerprint density at radius 3 is 2.64 bits per heavy atom. The molecule has 0 bridgehead atoms. The normalized spacial score (nSPS) is 27.3. The van der Waals surface area contributed by atoms with E-state index in [-0.39, 0.29) is 24.8 Å². The van der Waals surface area contributed by atoms with Crippen molar-refractivity contribution < 1.29 is 19.2 Å². The molecule has 4 rings (SSSR count). The number of nitrogens with one attached hydrogen (secondary N) is 2. The molecule has 1 saturated heterocycles. The van der Waals surface area contributed by atoms with Gasteiger partial charge in [0.05, 0.1) is 11.1 Å². The van der Waals surface area contributed by atoms with Crippen LogP contribution in [0.5, 0.6) is 0 Å². The number of carbonyl (C=O) groups is 4. The predicted octanol–water partition coefficient (Wildman–Crippen LogP) is 0.305. The molecule has 8 nitrogen and oxygen atoms in total. The minimum absolute atomic E-state index is 0.113. The van der Waals surface area contributed by atoms with Crippen LogP contribution in [0.4, 0.5) is 0 Å². The van der Waals surface area contributed by atoms with Crippen molar-refractivity contribution in [2.24, 2.45) is 11.7 Å². The molecular weight excluding hydrogens is 360 g/mol. The third kappa shape index (κ3) is 3.33. The molecule has 4 N–H and O–H groups in total. The number of nitrogens with two attached hydrogens (primary N) is 1. The molecule has 0 aromatic heterocycles. The molecule has 1 unspecified atom stereocenters. The van der Waals surface area contributed by atoms with Crippen LogP contribution in [0.15, 0.2) is 18.2 Å². The number of fused-ring (bicyclic) bond motifs is 1. The van der Waals surface area contributed by atoms with E-state index < -0.39 is 23.8 Å².